The van der Waals surface area contributed by atoms with Gasteiger partial charge in [0, 0.05) is 86.3 Å². The third-order valence-electron chi connectivity index (χ3n) is 9.99. The van der Waals surface area contributed by atoms with Gasteiger partial charge in [-0.05, 0) is 72.5 Å². The van der Waals surface area contributed by atoms with E-state index in [1.807, 2.05) is 30.3 Å². The van der Waals surface area contributed by atoms with Gasteiger partial charge in [-0.2, -0.15) is 0 Å². The van der Waals surface area contributed by atoms with E-state index in [2.05, 4.69) is 92.4 Å². The van der Waals surface area contributed by atoms with E-state index in [-0.39, 0.29) is 6.04 Å². The number of piperazine rings is 1. The SMILES string of the molecule is O=C1CCCCN(c2ccccc2)CCN(c2nc(CN3CCN(C(c4ccc(Cl)cc4)c4ccc(Cl)cc4)CC3)nc3ccccc23)CC1. The highest BCUT2D eigenvalue weighted by atomic mass is 35.5. The minimum absolute atomic E-state index is 0.109. The first-order valence-electron chi connectivity index (χ1n) is 17.8. The van der Waals surface area contributed by atoms with Gasteiger partial charge in [0.05, 0.1) is 18.1 Å². The van der Waals surface area contributed by atoms with Crippen molar-refractivity contribution in [3.63, 3.8) is 0 Å². The van der Waals surface area contributed by atoms with E-state index in [0.29, 0.717) is 31.7 Å². The summed E-state index contributed by atoms with van der Waals surface area (Å²) in [6.45, 7) is 7.48. The van der Waals surface area contributed by atoms with Crippen molar-refractivity contribution in [2.45, 2.75) is 38.3 Å². The van der Waals surface area contributed by atoms with Crippen LogP contribution in [0.4, 0.5) is 11.5 Å². The third kappa shape index (κ3) is 8.47. The third-order valence-corrected chi connectivity index (χ3v) is 10.5. The van der Waals surface area contributed by atoms with Gasteiger partial charge in [-0.1, -0.05) is 77.8 Å². The summed E-state index contributed by atoms with van der Waals surface area (Å²) in [6, 6.07) is 35.4. The van der Waals surface area contributed by atoms with Crippen LogP contribution in [0.15, 0.2) is 103 Å². The normalized spacial score (nSPS) is 17.3. The molecule has 0 spiro atoms. The summed E-state index contributed by atoms with van der Waals surface area (Å²) >= 11 is 12.5. The Bertz CT molecular complexity index is 1820. The number of halogens is 2. The Labute approximate surface area is 305 Å². The molecule has 0 amide bonds. The minimum Gasteiger partial charge on any atom is -0.370 e. The van der Waals surface area contributed by atoms with Crippen molar-refractivity contribution in [2.75, 3.05) is 62.2 Å². The van der Waals surface area contributed by atoms with Gasteiger partial charge in [0.25, 0.3) is 0 Å². The molecule has 0 bridgehead atoms. The van der Waals surface area contributed by atoms with Crippen molar-refractivity contribution >= 4 is 51.4 Å². The van der Waals surface area contributed by atoms with Gasteiger partial charge in [-0.25, -0.2) is 9.97 Å². The van der Waals surface area contributed by atoms with Crippen LogP contribution in [-0.4, -0.2) is 77.9 Å². The number of ketones is 1. The van der Waals surface area contributed by atoms with Crippen LogP contribution < -0.4 is 9.80 Å². The van der Waals surface area contributed by atoms with Gasteiger partial charge in [0.15, 0.2) is 0 Å². The number of para-hydroxylation sites is 2. The van der Waals surface area contributed by atoms with E-state index < -0.39 is 0 Å². The second kappa shape index (κ2) is 16.3. The Morgan fingerprint density at radius 3 is 1.94 bits per heavy atom. The Kier molecular flexibility index (Phi) is 11.3. The lowest BCUT2D eigenvalue weighted by atomic mass is 9.96. The smallest absolute Gasteiger partial charge is 0.145 e. The molecule has 0 radical (unpaired) electrons. The maximum absolute atomic E-state index is 12.9. The highest BCUT2D eigenvalue weighted by Gasteiger charge is 2.27. The topological polar surface area (TPSA) is 55.8 Å². The first-order valence-corrected chi connectivity index (χ1v) is 18.6. The van der Waals surface area contributed by atoms with Gasteiger partial charge in [-0.3, -0.25) is 14.6 Å². The molecule has 0 saturated carbocycles. The Balaban J connectivity index is 1.11. The first kappa shape index (κ1) is 34.4. The van der Waals surface area contributed by atoms with Crippen molar-refractivity contribution in [3.05, 3.63) is 130 Å². The summed E-state index contributed by atoms with van der Waals surface area (Å²) < 4.78 is 0. The number of benzene rings is 4. The van der Waals surface area contributed by atoms with Gasteiger partial charge in [0.2, 0.25) is 0 Å². The Morgan fingerprint density at radius 2 is 1.24 bits per heavy atom. The number of hydrogen-bond donors (Lipinski definition) is 0. The van der Waals surface area contributed by atoms with Crippen molar-refractivity contribution < 1.29 is 4.79 Å². The molecule has 7 nitrogen and oxygen atoms in total. The number of carbonyl (C=O) groups excluding carboxylic acids is 1. The molecule has 258 valence electrons. The van der Waals surface area contributed by atoms with Crippen LogP contribution in [0.5, 0.6) is 0 Å². The fraction of sp³-hybridized carbons (Fsp3) is 0.341. The van der Waals surface area contributed by atoms with Crippen LogP contribution in [0.25, 0.3) is 10.9 Å². The van der Waals surface area contributed by atoms with Crippen LogP contribution >= 0.6 is 23.2 Å². The number of nitrogens with zero attached hydrogens (tertiary/aromatic N) is 6. The number of hydrogen-bond acceptors (Lipinski definition) is 7. The number of carbonyl (C=O) groups is 1. The summed E-state index contributed by atoms with van der Waals surface area (Å²) in [5, 5.41) is 2.50. The van der Waals surface area contributed by atoms with Crippen molar-refractivity contribution in [1.82, 2.24) is 19.8 Å². The predicted molar refractivity (Wildman–Crippen MR) is 205 cm³/mol. The molecule has 5 aromatic rings. The number of aromatic nitrogens is 2. The van der Waals surface area contributed by atoms with E-state index >= 15 is 0 Å². The minimum atomic E-state index is 0.109. The molecule has 1 aromatic heterocycles. The summed E-state index contributed by atoms with van der Waals surface area (Å²) in [5.41, 5.74) is 4.59. The monoisotopic (exact) mass is 706 g/mol. The maximum atomic E-state index is 12.9. The lowest BCUT2D eigenvalue weighted by Crippen LogP contribution is -2.47. The molecule has 50 heavy (non-hydrogen) atoms. The van der Waals surface area contributed by atoms with E-state index in [1.54, 1.807) is 0 Å². The molecular weight excluding hydrogens is 663 g/mol. The zero-order valence-electron chi connectivity index (χ0n) is 28.4. The molecule has 3 heterocycles. The summed E-state index contributed by atoms with van der Waals surface area (Å²) in [5.74, 6) is 2.07. The number of rotatable bonds is 7. The van der Waals surface area contributed by atoms with E-state index in [1.165, 1.54) is 16.8 Å². The first-order chi connectivity index (χ1) is 24.5. The molecule has 7 rings (SSSR count). The predicted octanol–water partition coefficient (Wildman–Crippen LogP) is 8.30. The van der Waals surface area contributed by atoms with Crippen LogP contribution in [0, 0.1) is 0 Å². The second-order valence-corrected chi connectivity index (χ2v) is 14.2. The van der Waals surface area contributed by atoms with Crippen LogP contribution in [0.1, 0.15) is 48.7 Å². The Hall–Kier alpha value is -4.01. The van der Waals surface area contributed by atoms with E-state index in [0.717, 1.165) is 91.2 Å². The lowest BCUT2D eigenvalue weighted by Gasteiger charge is -2.39. The Morgan fingerprint density at radius 1 is 0.600 bits per heavy atom. The number of fused-ring (bicyclic) bond motifs is 1. The molecule has 0 atom stereocenters. The van der Waals surface area contributed by atoms with Crippen molar-refractivity contribution in [3.8, 4) is 0 Å². The molecule has 0 aliphatic carbocycles. The molecule has 0 unspecified atom stereocenters. The average Bonchev–Trinajstić information content (AvgIpc) is 3.19. The summed E-state index contributed by atoms with van der Waals surface area (Å²) in [7, 11) is 0. The van der Waals surface area contributed by atoms with Crippen LogP contribution in [0.3, 0.4) is 0 Å². The number of Topliss-reactive ketones (excluding diaryl/α,β-unsaturated/α-hetero) is 1. The number of anilines is 2. The zero-order chi connectivity index (χ0) is 34.3. The average molecular weight is 708 g/mol. The standard InChI is InChI=1S/C41H44Cl2N6O/c42-33-17-13-31(14-18-33)40(32-15-19-34(43)20-16-32)48-26-24-46(25-27-48)30-39-44-38-12-5-4-11-37(38)41(45-39)49-23-21-36(50)10-6-7-22-47(28-29-49)35-8-2-1-3-9-35/h1-5,8-9,11-20,40H,6-7,10,21-30H2. The highest BCUT2D eigenvalue weighted by molar-refractivity contribution is 6.30. The molecule has 9 heteroatoms. The van der Waals surface area contributed by atoms with Crippen LogP contribution in [-0.2, 0) is 11.3 Å². The molecule has 2 saturated heterocycles. The maximum Gasteiger partial charge on any atom is 0.145 e. The van der Waals surface area contributed by atoms with E-state index in [9.17, 15) is 4.79 Å². The van der Waals surface area contributed by atoms with Gasteiger partial charge in [-0.15, -0.1) is 0 Å². The van der Waals surface area contributed by atoms with Gasteiger partial charge < -0.3 is 9.80 Å². The van der Waals surface area contributed by atoms with E-state index in [4.69, 9.17) is 33.2 Å². The molecule has 4 aromatic carbocycles. The molecule has 2 aliphatic rings. The highest BCUT2D eigenvalue weighted by Crippen LogP contribution is 2.32. The second-order valence-electron chi connectivity index (χ2n) is 13.4. The van der Waals surface area contributed by atoms with Crippen LogP contribution in [0.2, 0.25) is 10.0 Å². The van der Waals surface area contributed by atoms with Crippen molar-refractivity contribution in [2.24, 2.45) is 0 Å². The van der Waals surface area contributed by atoms with Crippen molar-refractivity contribution in [1.29, 1.82) is 0 Å². The molecule has 0 N–H and O–H groups in total. The fourth-order valence-electron chi connectivity index (χ4n) is 7.29. The largest absolute Gasteiger partial charge is 0.370 e. The van der Waals surface area contributed by atoms with Gasteiger partial charge >= 0.3 is 0 Å². The lowest BCUT2D eigenvalue weighted by molar-refractivity contribution is -0.119. The molecular formula is C41H44Cl2N6O. The summed E-state index contributed by atoms with van der Waals surface area (Å²) in [6.07, 6.45) is 3.10. The quantitative estimate of drug-likeness (QED) is 0.169. The van der Waals surface area contributed by atoms with Gasteiger partial charge in [0.1, 0.15) is 17.4 Å². The molecule has 2 fully saturated rings. The molecule has 2 aliphatic heterocycles. The summed E-state index contributed by atoms with van der Waals surface area (Å²) in [4.78, 5) is 33.0. The zero-order valence-corrected chi connectivity index (χ0v) is 29.9. The fourth-order valence-corrected chi connectivity index (χ4v) is 7.54.